The molecule has 2 amide bonds. The first-order chi connectivity index (χ1) is 15.0. The summed E-state index contributed by atoms with van der Waals surface area (Å²) in [5.41, 5.74) is 5.94. The summed E-state index contributed by atoms with van der Waals surface area (Å²) in [6.45, 7) is 5.44. The summed E-state index contributed by atoms with van der Waals surface area (Å²) in [4.78, 5) is 26.3. The van der Waals surface area contributed by atoms with Crippen molar-refractivity contribution in [2.24, 2.45) is 0 Å². The molecule has 1 aliphatic rings. The van der Waals surface area contributed by atoms with Crippen molar-refractivity contribution in [1.29, 1.82) is 0 Å². The molecule has 0 atom stereocenters. The highest BCUT2D eigenvalue weighted by Crippen LogP contribution is 2.20. The SMILES string of the molecule is Cc1nn(-c2ccccc2)c(C)c1CCC(=O)Nc1cccc(CN2CCCC2=O)c1. The fourth-order valence-electron chi connectivity index (χ4n) is 4.16. The minimum Gasteiger partial charge on any atom is -0.338 e. The lowest BCUT2D eigenvalue weighted by Gasteiger charge is -2.16. The monoisotopic (exact) mass is 416 g/mol. The lowest BCUT2D eigenvalue weighted by Crippen LogP contribution is -2.23. The quantitative estimate of drug-likeness (QED) is 0.628. The Morgan fingerprint density at radius 1 is 1.10 bits per heavy atom. The van der Waals surface area contributed by atoms with Gasteiger partial charge in [-0.2, -0.15) is 5.10 Å². The van der Waals surface area contributed by atoms with Gasteiger partial charge in [0.05, 0.1) is 11.4 Å². The maximum atomic E-state index is 12.6. The van der Waals surface area contributed by atoms with Crippen LogP contribution in [0.5, 0.6) is 0 Å². The third-order valence-electron chi connectivity index (χ3n) is 5.80. The second kappa shape index (κ2) is 9.16. The van der Waals surface area contributed by atoms with E-state index in [2.05, 4.69) is 10.4 Å². The number of nitrogens with one attached hydrogen (secondary N) is 1. The molecule has 0 spiro atoms. The minimum absolute atomic E-state index is 0.0272. The topological polar surface area (TPSA) is 67.2 Å². The predicted octanol–water partition coefficient (Wildman–Crippen LogP) is 4.18. The number of nitrogens with zero attached hydrogens (tertiary/aromatic N) is 3. The lowest BCUT2D eigenvalue weighted by atomic mass is 10.1. The highest BCUT2D eigenvalue weighted by atomic mass is 16.2. The van der Waals surface area contributed by atoms with E-state index >= 15 is 0 Å². The van der Waals surface area contributed by atoms with E-state index in [0.29, 0.717) is 25.8 Å². The van der Waals surface area contributed by atoms with Crippen LogP contribution < -0.4 is 5.32 Å². The average molecular weight is 417 g/mol. The number of hydrogen-bond acceptors (Lipinski definition) is 3. The zero-order valence-electron chi connectivity index (χ0n) is 18.1. The predicted molar refractivity (Wildman–Crippen MR) is 121 cm³/mol. The highest BCUT2D eigenvalue weighted by molar-refractivity contribution is 5.91. The summed E-state index contributed by atoms with van der Waals surface area (Å²) in [5, 5.41) is 7.66. The van der Waals surface area contributed by atoms with E-state index in [1.165, 1.54) is 0 Å². The van der Waals surface area contributed by atoms with Gasteiger partial charge in [0.2, 0.25) is 11.8 Å². The normalized spacial score (nSPS) is 13.6. The van der Waals surface area contributed by atoms with Gasteiger partial charge >= 0.3 is 0 Å². The van der Waals surface area contributed by atoms with Gasteiger partial charge in [-0.3, -0.25) is 9.59 Å². The van der Waals surface area contributed by atoms with Gasteiger partial charge in [-0.15, -0.1) is 0 Å². The molecule has 6 nitrogen and oxygen atoms in total. The van der Waals surface area contributed by atoms with Crippen molar-refractivity contribution in [1.82, 2.24) is 14.7 Å². The fourth-order valence-corrected chi connectivity index (χ4v) is 4.16. The maximum Gasteiger partial charge on any atom is 0.224 e. The van der Waals surface area contributed by atoms with Gasteiger partial charge in [-0.25, -0.2) is 4.68 Å². The van der Waals surface area contributed by atoms with Gasteiger partial charge in [0.15, 0.2) is 0 Å². The smallest absolute Gasteiger partial charge is 0.224 e. The van der Waals surface area contributed by atoms with E-state index in [1.54, 1.807) is 0 Å². The maximum absolute atomic E-state index is 12.6. The van der Waals surface area contributed by atoms with E-state index in [1.807, 2.05) is 78.0 Å². The summed E-state index contributed by atoms with van der Waals surface area (Å²) in [6, 6.07) is 17.8. The number of aryl methyl sites for hydroxylation is 1. The third kappa shape index (κ3) is 4.85. The number of anilines is 1. The first kappa shape index (κ1) is 20.8. The molecule has 4 rings (SSSR count). The standard InChI is InChI=1S/C25H28N4O2/c1-18-23(19(2)29(27-18)22-10-4-3-5-11-22)13-14-24(30)26-21-9-6-8-20(16-21)17-28-15-7-12-25(28)31/h3-6,8-11,16H,7,12-15,17H2,1-2H3,(H,26,30). The van der Waals surface area contributed by atoms with Crippen LogP contribution in [-0.2, 0) is 22.6 Å². The summed E-state index contributed by atoms with van der Waals surface area (Å²) < 4.78 is 1.94. The van der Waals surface area contributed by atoms with Crippen LogP contribution in [-0.4, -0.2) is 33.0 Å². The molecule has 31 heavy (non-hydrogen) atoms. The molecule has 0 bridgehead atoms. The molecular weight excluding hydrogens is 388 g/mol. The van der Waals surface area contributed by atoms with Crippen molar-refractivity contribution in [3.05, 3.63) is 77.1 Å². The number of aromatic nitrogens is 2. The fraction of sp³-hybridized carbons (Fsp3) is 0.320. The number of likely N-dealkylation sites (tertiary alicyclic amines) is 1. The van der Waals surface area contributed by atoms with E-state index in [9.17, 15) is 9.59 Å². The van der Waals surface area contributed by atoms with Crippen LogP contribution in [0.4, 0.5) is 5.69 Å². The second-order valence-corrected chi connectivity index (χ2v) is 8.06. The van der Waals surface area contributed by atoms with Crippen LogP contribution in [0.3, 0.4) is 0 Å². The summed E-state index contributed by atoms with van der Waals surface area (Å²) in [6.07, 6.45) is 2.58. The molecule has 2 aromatic carbocycles. The van der Waals surface area contributed by atoms with Crippen LogP contribution in [0.1, 0.15) is 41.8 Å². The van der Waals surface area contributed by atoms with Crippen molar-refractivity contribution in [3.63, 3.8) is 0 Å². The Morgan fingerprint density at radius 3 is 2.65 bits per heavy atom. The Morgan fingerprint density at radius 2 is 1.90 bits per heavy atom. The first-order valence-electron chi connectivity index (χ1n) is 10.8. The largest absolute Gasteiger partial charge is 0.338 e. The lowest BCUT2D eigenvalue weighted by molar-refractivity contribution is -0.128. The number of benzene rings is 2. The number of carbonyl (C=O) groups is 2. The van der Waals surface area contributed by atoms with E-state index < -0.39 is 0 Å². The molecule has 0 saturated carbocycles. The van der Waals surface area contributed by atoms with Crippen LogP contribution in [0.25, 0.3) is 5.69 Å². The van der Waals surface area contributed by atoms with Gasteiger partial charge in [0, 0.05) is 37.3 Å². The van der Waals surface area contributed by atoms with Gasteiger partial charge in [0.1, 0.15) is 0 Å². The van der Waals surface area contributed by atoms with Crippen molar-refractivity contribution in [2.45, 2.75) is 46.1 Å². The van der Waals surface area contributed by atoms with Gasteiger partial charge in [-0.05, 0) is 62.1 Å². The Labute approximate surface area is 182 Å². The number of rotatable bonds is 7. The van der Waals surface area contributed by atoms with E-state index in [4.69, 9.17) is 0 Å². The van der Waals surface area contributed by atoms with Crippen molar-refractivity contribution in [2.75, 3.05) is 11.9 Å². The van der Waals surface area contributed by atoms with Crippen molar-refractivity contribution < 1.29 is 9.59 Å². The number of para-hydroxylation sites is 1. The minimum atomic E-state index is -0.0272. The van der Waals surface area contributed by atoms with E-state index in [0.717, 1.165) is 46.9 Å². The molecule has 3 aromatic rings. The van der Waals surface area contributed by atoms with Crippen LogP contribution in [0.15, 0.2) is 54.6 Å². The Kier molecular flexibility index (Phi) is 6.16. The highest BCUT2D eigenvalue weighted by Gasteiger charge is 2.20. The molecule has 1 N–H and O–H groups in total. The molecule has 1 aromatic heterocycles. The average Bonchev–Trinajstić information content (AvgIpc) is 3.29. The third-order valence-corrected chi connectivity index (χ3v) is 5.80. The van der Waals surface area contributed by atoms with Gasteiger partial charge in [0.25, 0.3) is 0 Å². The molecule has 0 unspecified atom stereocenters. The van der Waals surface area contributed by atoms with Crippen LogP contribution >= 0.6 is 0 Å². The van der Waals surface area contributed by atoms with Crippen LogP contribution in [0, 0.1) is 13.8 Å². The molecule has 1 saturated heterocycles. The van der Waals surface area contributed by atoms with Gasteiger partial charge < -0.3 is 10.2 Å². The van der Waals surface area contributed by atoms with Crippen LogP contribution in [0.2, 0.25) is 0 Å². The Hall–Kier alpha value is -3.41. The number of hydrogen-bond donors (Lipinski definition) is 1. The zero-order chi connectivity index (χ0) is 21.8. The van der Waals surface area contributed by atoms with Gasteiger partial charge in [-0.1, -0.05) is 30.3 Å². The summed E-state index contributed by atoms with van der Waals surface area (Å²) in [5.74, 6) is 0.178. The summed E-state index contributed by atoms with van der Waals surface area (Å²) >= 11 is 0. The molecule has 6 heteroatoms. The summed E-state index contributed by atoms with van der Waals surface area (Å²) in [7, 11) is 0. The zero-order valence-corrected chi connectivity index (χ0v) is 18.1. The Balaban J connectivity index is 1.37. The second-order valence-electron chi connectivity index (χ2n) is 8.06. The molecule has 0 aliphatic carbocycles. The molecule has 160 valence electrons. The Bertz CT molecular complexity index is 1090. The van der Waals surface area contributed by atoms with E-state index in [-0.39, 0.29) is 11.8 Å². The molecular formula is C25H28N4O2. The van der Waals surface area contributed by atoms with Crippen molar-refractivity contribution in [3.8, 4) is 5.69 Å². The number of carbonyl (C=O) groups excluding carboxylic acids is 2. The number of amides is 2. The molecule has 2 heterocycles. The van der Waals surface area contributed by atoms with Crippen molar-refractivity contribution >= 4 is 17.5 Å². The molecule has 1 aliphatic heterocycles. The molecule has 0 radical (unpaired) electrons. The first-order valence-corrected chi connectivity index (χ1v) is 10.8. The molecule has 1 fully saturated rings.